The van der Waals surface area contributed by atoms with E-state index < -0.39 is 9.84 Å². The number of nitrogens with one attached hydrogen (secondary N) is 2. The lowest BCUT2D eigenvalue weighted by atomic mass is 10.4. The molecule has 2 N–H and O–H groups in total. The van der Waals surface area contributed by atoms with Gasteiger partial charge in [-0.25, -0.2) is 13.4 Å². The van der Waals surface area contributed by atoms with Crippen LogP contribution in [0.1, 0.15) is 12.7 Å². The maximum absolute atomic E-state index is 11.4. The number of aliphatic imine (C=N–C) groups is 1. The second-order valence-corrected chi connectivity index (χ2v) is 7.50. The Kier molecular flexibility index (Phi) is 6.26. The molecule has 8 heteroatoms. The first-order valence-corrected chi connectivity index (χ1v) is 9.38. The van der Waals surface area contributed by atoms with Crippen LogP contribution in [0.4, 0.5) is 0 Å². The fourth-order valence-electron chi connectivity index (χ4n) is 2.21. The van der Waals surface area contributed by atoms with Crippen LogP contribution in [0.25, 0.3) is 0 Å². The second-order valence-electron chi connectivity index (χ2n) is 5.19. The number of hydrogen-bond donors (Lipinski definition) is 2. The molecule has 0 saturated carbocycles. The van der Waals surface area contributed by atoms with E-state index >= 15 is 0 Å². The van der Waals surface area contributed by atoms with Crippen LogP contribution >= 0.6 is 0 Å². The summed E-state index contributed by atoms with van der Waals surface area (Å²) in [6.07, 6.45) is 1.63. The lowest BCUT2D eigenvalue weighted by Crippen LogP contribution is -2.45. The van der Waals surface area contributed by atoms with Gasteiger partial charge in [-0.3, -0.25) is 4.90 Å². The maximum Gasteiger partial charge on any atom is 0.191 e. The van der Waals surface area contributed by atoms with Crippen molar-refractivity contribution in [2.75, 3.05) is 44.2 Å². The van der Waals surface area contributed by atoms with Crippen LogP contribution in [0.2, 0.25) is 0 Å². The smallest absolute Gasteiger partial charge is 0.191 e. The molecule has 7 nitrogen and oxygen atoms in total. The monoisotopic (exact) mass is 328 g/mol. The molecule has 0 aliphatic carbocycles. The standard InChI is InChI=1S/C14H24N4O3S/c1-2-15-14(17-12-13-4-3-9-21-13)16-5-6-18-7-10-22(19,20)11-8-18/h3-4,9H,2,5-8,10-12H2,1H3,(H2,15,16,17). The van der Waals surface area contributed by atoms with Gasteiger partial charge in [0.1, 0.15) is 12.3 Å². The zero-order valence-electron chi connectivity index (χ0n) is 12.9. The van der Waals surface area contributed by atoms with E-state index in [-0.39, 0.29) is 11.5 Å². The van der Waals surface area contributed by atoms with Gasteiger partial charge >= 0.3 is 0 Å². The van der Waals surface area contributed by atoms with Crippen molar-refractivity contribution in [1.82, 2.24) is 15.5 Å². The summed E-state index contributed by atoms with van der Waals surface area (Å²) in [4.78, 5) is 6.60. The van der Waals surface area contributed by atoms with Crippen LogP contribution < -0.4 is 10.6 Å². The van der Waals surface area contributed by atoms with Crippen molar-refractivity contribution in [2.45, 2.75) is 13.5 Å². The van der Waals surface area contributed by atoms with E-state index in [1.807, 2.05) is 19.1 Å². The highest BCUT2D eigenvalue weighted by Crippen LogP contribution is 2.03. The van der Waals surface area contributed by atoms with Gasteiger partial charge in [-0.1, -0.05) is 0 Å². The Hall–Kier alpha value is -1.54. The van der Waals surface area contributed by atoms with Crippen LogP contribution in [0, 0.1) is 0 Å². The van der Waals surface area contributed by atoms with Crippen molar-refractivity contribution in [2.24, 2.45) is 4.99 Å². The highest BCUT2D eigenvalue weighted by atomic mass is 32.2. The summed E-state index contributed by atoms with van der Waals surface area (Å²) in [5.74, 6) is 2.08. The van der Waals surface area contributed by atoms with Crippen molar-refractivity contribution >= 4 is 15.8 Å². The number of furan rings is 1. The number of hydrogen-bond acceptors (Lipinski definition) is 5. The SMILES string of the molecule is CCNC(=NCc1ccco1)NCCN1CCS(=O)(=O)CC1. The fraction of sp³-hybridized carbons (Fsp3) is 0.643. The quantitative estimate of drug-likeness (QED) is 0.567. The van der Waals surface area contributed by atoms with Gasteiger partial charge in [0.05, 0.1) is 17.8 Å². The zero-order chi connectivity index (χ0) is 15.8. The summed E-state index contributed by atoms with van der Waals surface area (Å²) in [6.45, 7) is 6.05. The molecular formula is C14H24N4O3S. The molecule has 1 aromatic heterocycles. The number of guanidine groups is 1. The third-order valence-corrected chi connectivity index (χ3v) is 5.08. The lowest BCUT2D eigenvalue weighted by Gasteiger charge is -2.26. The highest BCUT2D eigenvalue weighted by Gasteiger charge is 2.20. The molecule has 0 radical (unpaired) electrons. The van der Waals surface area contributed by atoms with E-state index in [2.05, 4.69) is 20.5 Å². The topological polar surface area (TPSA) is 86.9 Å². The molecule has 1 fully saturated rings. The van der Waals surface area contributed by atoms with Gasteiger partial charge in [-0.15, -0.1) is 0 Å². The summed E-state index contributed by atoms with van der Waals surface area (Å²) in [5, 5.41) is 6.44. The first-order chi connectivity index (χ1) is 10.6. The normalized spacial score (nSPS) is 19.0. The first kappa shape index (κ1) is 16.8. The summed E-state index contributed by atoms with van der Waals surface area (Å²) < 4.78 is 28.0. The van der Waals surface area contributed by atoms with Gasteiger partial charge in [0.25, 0.3) is 0 Å². The number of sulfone groups is 1. The van der Waals surface area contributed by atoms with E-state index in [4.69, 9.17) is 4.42 Å². The summed E-state index contributed by atoms with van der Waals surface area (Å²) in [6, 6.07) is 3.73. The summed E-state index contributed by atoms with van der Waals surface area (Å²) >= 11 is 0. The van der Waals surface area contributed by atoms with Gasteiger partial charge in [0.15, 0.2) is 15.8 Å². The Morgan fingerprint density at radius 1 is 1.36 bits per heavy atom. The molecule has 0 atom stereocenters. The van der Waals surface area contributed by atoms with Gasteiger partial charge in [-0.2, -0.15) is 0 Å². The minimum atomic E-state index is -2.81. The summed E-state index contributed by atoms with van der Waals surface area (Å²) in [5.41, 5.74) is 0. The van der Waals surface area contributed by atoms with E-state index in [9.17, 15) is 8.42 Å². The van der Waals surface area contributed by atoms with Crippen LogP contribution in [-0.4, -0.2) is 63.5 Å². The van der Waals surface area contributed by atoms with Gasteiger partial charge in [0, 0.05) is 32.7 Å². The van der Waals surface area contributed by atoms with Gasteiger partial charge in [-0.05, 0) is 19.1 Å². The van der Waals surface area contributed by atoms with E-state index in [1.54, 1.807) is 6.26 Å². The predicted molar refractivity (Wildman–Crippen MR) is 86.6 cm³/mol. The molecule has 1 aromatic rings. The molecule has 2 heterocycles. The van der Waals surface area contributed by atoms with Crippen LogP contribution in [-0.2, 0) is 16.4 Å². The molecule has 1 aliphatic heterocycles. The van der Waals surface area contributed by atoms with Crippen molar-refractivity contribution in [3.63, 3.8) is 0 Å². The summed E-state index contributed by atoms with van der Waals surface area (Å²) in [7, 11) is -2.81. The van der Waals surface area contributed by atoms with Crippen LogP contribution in [0.15, 0.2) is 27.8 Å². The molecule has 0 unspecified atom stereocenters. The fourth-order valence-corrected chi connectivity index (χ4v) is 3.48. The molecule has 1 saturated heterocycles. The Bertz CT molecular complexity index is 555. The Morgan fingerprint density at radius 3 is 2.77 bits per heavy atom. The maximum atomic E-state index is 11.4. The average Bonchev–Trinajstić information content (AvgIpc) is 3.00. The van der Waals surface area contributed by atoms with Crippen molar-refractivity contribution < 1.29 is 12.8 Å². The number of rotatable bonds is 6. The minimum Gasteiger partial charge on any atom is -0.467 e. The van der Waals surface area contributed by atoms with Crippen molar-refractivity contribution in [3.8, 4) is 0 Å². The van der Waals surface area contributed by atoms with Crippen molar-refractivity contribution in [3.05, 3.63) is 24.2 Å². The molecular weight excluding hydrogens is 304 g/mol. The Morgan fingerprint density at radius 2 is 2.14 bits per heavy atom. The largest absolute Gasteiger partial charge is 0.467 e. The Balaban J connectivity index is 1.73. The molecule has 22 heavy (non-hydrogen) atoms. The van der Waals surface area contributed by atoms with Crippen LogP contribution in [0.3, 0.4) is 0 Å². The van der Waals surface area contributed by atoms with E-state index in [0.717, 1.165) is 31.4 Å². The molecule has 124 valence electrons. The molecule has 1 aliphatic rings. The molecule has 0 spiro atoms. The van der Waals surface area contributed by atoms with E-state index in [0.29, 0.717) is 19.6 Å². The lowest BCUT2D eigenvalue weighted by molar-refractivity contribution is 0.299. The highest BCUT2D eigenvalue weighted by molar-refractivity contribution is 7.91. The minimum absolute atomic E-state index is 0.264. The third kappa shape index (κ3) is 5.69. The molecule has 0 amide bonds. The molecule has 2 rings (SSSR count). The van der Waals surface area contributed by atoms with Crippen molar-refractivity contribution in [1.29, 1.82) is 0 Å². The van der Waals surface area contributed by atoms with E-state index in [1.165, 1.54) is 0 Å². The molecule has 0 aromatic carbocycles. The Labute approximate surface area is 131 Å². The second kappa shape index (κ2) is 8.19. The molecule has 0 bridgehead atoms. The number of nitrogens with zero attached hydrogens (tertiary/aromatic N) is 2. The zero-order valence-corrected chi connectivity index (χ0v) is 13.7. The average molecular weight is 328 g/mol. The van der Waals surface area contributed by atoms with Gasteiger partial charge in [0.2, 0.25) is 0 Å². The first-order valence-electron chi connectivity index (χ1n) is 7.56. The predicted octanol–water partition coefficient (Wildman–Crippen LogP) is 0.0651. The van der Waals surface area contributed by atoms with Gasteiger partial charge < -0.3 is 15.1 Å². The third-order valence-electron chi connectivity index (χ3n) is 3.47. The van der Waals surface area contributed by atoms with Crippen LogP contribution in [0.5, 0.6) is 0 Å².